The number of benzene rings is 3. The van der Waals surface area contributed by atoms with Crippen molar-refractivity contribution in [3.8, 4) is 11.5 Å². The van der Waals surface area contributed by atoms with E-state index in [0.29, 0.717) is 33.8 Å². The highest BCUT2D eigenvalue weighted by atomic mass is 16.7. The standard InChI is InChI=1S/C22H14O6/c23-19-13-7-1-3-9-15(13)21(27-19)25-17-11-5-6-12-18(17)26-22-16-10-4-2-8-14(16)20(24)28-22/h1-12,21-22H/t21-,22+. The summed E-state index contributed by atoms with van der Waals surface area (Å²) < 4.78 is 22.5. The lowest BCUT2D eigenvalue weighted by molar-refractivity contribution is -0.0528. The molecule has 2 aliphatic heterocycles. The summed E-state index contributed by atoms with van der Waals surface area (Å²) in [4.78, 5) is 24.0. The van der Waals surface area contributed by atoms with Crippen molar-refractivity contribution in [3.05, 3.63) is 95.1 Å². The molecule has 0 amide bonds. The van der Waals surface area contributed by atoms with Crippen LogP contribution < -0.4 is 9.47 Å². The molecule has 6 heteroatoms. The number of hydrogen-bond donors (Lipinski definition) is 0. The fraction of sp³-hybridized carbons (Fsp3) is 0.0909. The van der Waals surface area contributed by atoms with Gasteiger partial charge in [0.1, 0.15) is 0 Å². The van der Waals surface area contributed by atoms with Gasteiger partial charge in [0.05, 0.1) is 11.1 Å². The first-order chi connectivity index (χ1) is 13.7. The lowest BCUT2D eigenvalue weighted by atomic mass is 10.1. The fourth-order valence-corrected chi connectivity index (χ4v) is 3.28. The molecule has 0 unspecified atom stereocenters. The van der Waals surface area contributed by atoms with Crippen molar-refractivity contribution in [1.82, 2.24) is 0 Å². The minimum atomic E-state index is -0.869. The van der Waals surface area contributed by atoms with Crippen LogP contribution in [0.2, 0.25) is 0 Å². The first kappa shape index (κ1) is 16.4. The number of para-hydroxylation sites is 2. The van der Waals surface area contributed by atoms with Gasteiger partial charge in [0.15, 0.2) is 11.5 Å². The molecule has 2 aliphatic rings. The van der Waals surface area contributed by atoms with E-state index < -0.39 is 24.5 Å². The molecule has 0 fully saturated rings. The quantitative estimate of drug-likeness (QED) is 0.638. The molecular weight excluding hydrogens is 360 g/mol. The van der Waals surface area contributed by atoms with Crippen molar-refractivity contribution in [2.24, 2.45) is 0 Å². The third-order valence-electron chi connectivity index (χ3n) is 4.61. The molecule has 0 aromatic heterocycles. The Hall–Kier alpha value is -3.80. The van der Waals surface area contributed by atoms with Crippen molar-refractivity contribution < 1.29 is 28.5 Å². The van der Waals surface area contributed by atoms with Crippen molar-refractivity contribution in [3.63, 3.8) is 0 Å². The minimum Gasteiger partial charge on any atom is -0.447 e. The first-order valence-corrected chi connectivity index (χ1v) is 8.73. The lowest BCUT2D eigenvalue weighted by Crippen LogP contribution is -2.11. The topological polar surface area (TPSA) is 71.1 Å². The molecule has 0 aliphatic carbocycles. The van der Waals surface area contributed by atoms with E-state index in [0.717, 1.165) is 0 Å². The maximum Gasteiger partial charge on any atom is 0.342 e. The van der Waals surface area contributed by atoms with Crippen molar-refractivity contribution in [2.45, 2.75) is 12.6 Å². The van der Waals surface area contributed by atoms with E-state index in [4.69, 9.17) is 18.9 Å². The predicted molar refractivity (Wildman–Crippen MR) is 96.9 cm³/mol. The summed E-state index contributed by atoms with van der Waals surface area (Å²) in [5.74, 6) is -0.120. The van der Waals surface area contributed by atoms with Crippen LogP contribution in [0.15, 0.2) is 72.8 Å². The molecule has 2 heterocycles. The number of ether oxygens (including phenoxy) is 4. The van der Waals surface area contributed by atoms with Crippen LogP contribution in [-0.4, -0.2) is 11.9 Å². The highest BCUT2D eigenvalue weighted by Crippen LogP contribution is 2.39. The molecule has 0 spiro atoms. The van der Waals surface area contributed by atoms with E-state index in [1.807, 2.05) is 12.1 Å². The lowest BCUT2D eigenvalue weighted by Gasteiger charge is -2.19. The normalized spacial score (nSPS) is 19.4. The van der Waals surface area contributed by atoms with E-state index in [-0.39, 0.29) is 0 Å². The van der Waals surface area contributed by atoms with E-state index in [9.17, 15) is 9.59 Å². The average Bonchev–Trinajstić information content (AvgIpc) is 3.21. The second kappa shape index (κ2) is 6.42. The average molecular weight is 374 g/mol. The zero-order chi connectivity index (χ0) is 19.1. The van der Waals surface area contributed by atoms with Gasteiger partial charge in [-0.25, -0.2) is 9.59 Å². The molecule has 138 valence electrons. The van der Waals surface area contributed by atoms with Gasteiger partial charge in [-0.05, 0) is 24.3 Å². The Morgan fingerprint density at radius 2 is 0.964 bits per heavy atom. The molecule has 3 aromatic rings. The summed E-state index contributed by atoms with van der Waals surface area (Å²) in [6.07, 6.45) is -1.74. The number of cyclic esters (lactones) is 2. The number of fused-ring (bicyclic) bond motifs is 2. The molecule has 6 nitrogen and oxygen atoms in total. The number of rotatable bonds is 4. The van der Waals surface area contributed by atoms with Crippen LogP contribution in [-0.2, 0) is 9.47 Å². The van der Waals surface area contributed by atoms with Crippen LogP contribution >= 0.6 is 0 Å². The minimum absolute atomic E-state index is 0.373. The van der Waals surface area contributed by atoms with Crippen LogP contribution in [0.3, 0.4) is 0 Å². The zero-order valence-corrected chi connectivity index (χ0v) is 14.5. The molecule has 28 heavy (non-hydrogen) atoms. The van der Waals surface area contributed by atoms with Gasteiger partial charge in [-0.3, -0.25) is 0 Å². The Balaban J connectivity index is 1.42. The number of esters is 2. The van der Waals surface area contributed by atoms with Crippen LogP contribution in [0.1, 0.15) is 44.4 Å². The summed E-state index contributed by atoms with van der Waals surface area (Å²) in [6.45, 7) is 0. The van der Waals surface area contributed by atoms with Gasteiger partial charge in [-0.2, -0.15) is 0 Å². The van der Waals surface area contributed by atoms with E-state index in [1.165, 1.54) is 0 Å². The molecular formula is C22H14O6. The monoisotopic (exact) mass is 374 g/mol. The van der Waals surface area contributed by atoms with Gasteiger partial charge < -0.3 is 18.9 Å². The molecule has 0 N–H and O–H groups in total. The third-order valence-corrected chi connectivity index (χ3v) is 4.61. The van der Waals surface area contributed by atoms with Gasteiger partial charge in [-0.15, -0.1) is 0 Å². The van der Waals surface area contributed by atoms with E-state index in [2.05, 4.69) is 0 Å². The second-order valence-corrected chi connectivity index (χ2v) is 6.33. The maximum atomic E-state index is 12.0. The fourth-order valence-electron chi connectivity index (χ4n) is 3.28. The van der Waals surface area contributed by atoms with Gasteiger partial charge >= 0.3 is 11.9 Å². The van der Waals surface area contributed by atoms with Crippen LogP contribution in [0, 0.1) is 0 Å². The van der Waals surface area contributed by atoms with Crippen molar-refractivity contribution in [1.29, 1.82) is 0 Å². The molecule has 5 rings (SSSR count). The largest absolute Gasteiger partial charge is 0.447 e. The summed E-state index contributed by atoms with van der Waals surface area (Å²) >= 11 is 0. The molecule has 2 atom stereocenters. The first-order valence-electron chi connectivity index (χ1n) is 8.73. The maximum absolute atomic E-state index is 12.0. The van der Waals surface area contributed by atoms with Gasteiger partial charge in [0.25, 0.3) is 12.6 Å². The third kappa shape index (κ3) is 2.66. The van der Waals surface area contributed by atoms with E-state index >= 15 is 0 Å². The van der Waals surface area contributed by atoms with Crippen LogP contribution in [0.25, 0.3) is 0 Å². The Bertz CT molecular complexity index is 1000. The zero-order valence-electron chi connectivity index (χ0n) is 14.5. The summed E-state index contributed by atoms with van der Waals surface area (Å²) in [7, 11) is 0. The molecule has 0 saturated carbocycles. The van der Waals surface area contributed by atoms with Crippen molar-refractivity contribution in [2.75, 3.05) is 0 Å². The molecule has 0 saturated heterocycles. The Morgan fingerprint density at radius 3 is 1.43 bits per heavy atom. The number of carbonyl (C=O) groups is 2. The summed E-state index contributed by atoms with van der Waals surface area (Å²) in [6, 6.07) is 21.1. The van der Waals surface area contributed by atoms with Crippen LogP contribution in [0.5, 0.6) is 11.5 Å². The Kier molecular flexibility index (Phi) is 3.76. The van der Waals surface area contributed by atoms with E-state index in [1.54, 1.807) is 60.7 Å². The highest BCUT2D eigenvalue weighted by molar-refractivity contribution is 5.94. The number of carbonyl (C=O) groups excluding carboxylic acids is 2. The van der Waals surface area contributed by atoms with Gasteiger partial charge in [-0.1, -0.05) is 48.5 Å². The Labute approximate surface area is 160 Å². The van der Waals surface area contributed by atoms with Gasteiger partial charge in [0, 0.05) is 11.1 Å². The van der Waals surface area contributed by atoms with Crippen molar-refractivity contribution >= 4 is 11.9 Å². The van der Waals surface area contributed by atoms with Crippen LogP contribution in [0.4, 0.5) is 0 Å². The molecule has 0 bridgehead atoms. The molecule has 0 radical (unpaired) electrons. The predicted octanol–water partition coefficient (Wildman–Crippen LogP) is 4.18. The second-order valence-electron chi connectivity index (χ2n) is 6.33. The number of hydrogen-bond acceptors (Lipinski definition) is 6. The summed E-state index contributed by atoms with van der Waals surface area (Å²) in [5.41, 5.74) is 2.26. The molecule has 3 aromatic carbocycles. The highest BCUT2D eigenvalue weighted by Gasteiger charge is 2.35. The Morgan fingerprint density at radius 1 is 0.571 bits per heavy atom. The van der Waals surface area contributed by atoms with Gasteiger partial charge in [0.2, 0.25) is 0 Å². The SMILES string of the molecule is O=C1O[C@H](Oc2ccccc2O[C@@H]2OC(=O)c3ccccc32)c2ccccc21. The summed E-state index contributed by atoms with van der Waals surface area (Å²) in [5, 5.41) is 0. The smallest absolute Gasteiger partial charge is 0.342 e.